The Hall–Kier alpha value is -1.67. The molecule has 7 nitrogen and oxygen atoms in total. The van der Waals surface area contributed by atoms with Crippen LogP contribution in [0.15, 0.2) is 28.2 Å². The number of carbonyl (C=O) groups is 1. The summed E-state index contributed by atoms with van der Waals surface area (Å²) in [6.07, 6.45) is 2.28. The van der Waals surface area contributed by atoms with E-state index in [0.29, 0.717) is 0 Å². The van der Waals surface area contributed by atoms with E-state index in [4.69, 9.17) is 5.11 Å². The van der Waals surface area contributed by atoms with Crippen LogP contribution in [-0.4, -0.2) is 30.5 Å². The summed E-state index contributed by atoms with van der Waals surface area (Å²) in [6, 6.07) is -0.260. The van der Waals surface area contributed by atoms with Crippen molar-refractivity contribution in [3.05, 3.63) is 28.7 Å². The number of carboxylic acid groups (broad SMARTS) is 1. The van der Waals surface area contributed by atoms with Gasteiger partial charge >= 0.3 is 5.97 Å². The number of aromatic amines is 1. The van der Waals surface area contributed by atoms with Crippen LogP contribution >= 0.6 is 0 Å². The van der Waals surface area contributed by atoms with Crippen LogP contribution in [0.1, 0.15) is 6.92 Å². The molecule has 0 aliphatic heterocycles. The third-order valence-electron chi connectivity index (χ3n) is 1.78. The molecule has 1 unspecified atom stereocenters. The second-order valence-corrected chi connectivity index (χ2v) is 4.74. The highest BCUT2D eigenvalue weighted by molar-refractivity contribution is 7.89. The van der Waals surface area contributed by atoms with Crippen molar-refractivity contribution in [1.29, 1.82) is 0 Å². The highest BCUT2D eigenvalue weighted by Gasteiger charge is 2.23. The Balaban J connectivity index is 3.09. The highest BCUT2D eigenvalue weighted by atomic mass is 32.2. The molecular formula is C8H10N2O5S. The minimum Gasteiger partial charge on any atom is -0.480 e. The molecule has 0 aromatic carbocycles. The standard InChI is InChI=1S/C8H10N2O5S/c1-5(8(12)13)10-16(14,15)7-4-9-3-2-6(7)11/h2-5,10H,1H3,(H,9,11)(H,12,13). The molecule has 16 heavy (non-hydrogen) atoms. The summed E-state index contributed by atoms with van der Waals surface area (Å²) in [5.41, 5.74) is -0.705. The summed E-state index contributed by atoms with van der Waals surface area (Å²) >= 11 is 0. The number of sulfonamides is 1. The van der Waals surface area contributed by atoms with E-state index in [1.807, 2.05) is 4.72 Å². The predicted molar refractivity (Wildman–Crippen MR) is 54.5 cm³/mol. The predicted octanol–water partition coefficient (Wildman–Crippen LogP) is -0.874. The Labute approximate surface area is 91.2 Å². The lowest BCUT2D eigenvalue weighted by molar-refractivity contribution is -0.138. The molecule has 1 rings (SSSR count). The van der Waals surface area contributed by atoms with E-state index in [1.165, 1.54) is 6.20 Å². The van der Waals surface area contributed by atoms with E-state index in [1.54, 1.807) is 0 Å². The molecule has 0 aliphatic rings. The Morgan fingerprint density at radius 1 is 1.56 bits per heavy atom. The van der Waals surface area contributed by atoms with Crippen molar-refractivity contribution < 1.29 is 18.3 Å². The van der Waals surface area contributed by atoms with Crippen LogP contribution < -0.4 is 10.2 Å². The molecule has 0 amide bonds. The molecule has 0 spiro atoms. The number of hydrogen-bond acceptors (Lipinski definition) is 4. The van der Waals surface area contributed by atoms with Gasteiger partial charge in [-0.1, -0.05) is 0 Å². The third kappa shape index (κ3) is 2.67. The van der Waals surface area contributed by atoms with E-state index in [-0.39, 0.29) is 0 Å². The van der Waals surface area contributed by atoms with E-state index < -0.39 is 32.4 Å². The van der Waals surface area contributed by atoms with Crippen molar-refractivity contribution in [2.24, 2.45) is 0 Å². The topological polar surface area (TPSA) is 116 Å². The highest BCUT2D eigenvalue weighted by Crippen LogP contribution is 2.01. The number of aliphatic carboxylic acids is 1. The van der Waals surface area contributed by atoms with E-state index >= 15 is 0 Å². The monoisotopic (exact) mass is 246 g/mol. The molecule has 0 aliphatic carbocycles. The first-order valence-electron chi connectivity index (χ1n) is 4.27. The van der Waals surface area contributed by atoms with Crippen LogP contribution in [0.4, 0.5) is 0 Å². The van der Waals surface area contributed by atoms with Gasteiger partial charge in [0.2, 0.25) is 15.5 Å². The van der Waals surface area contributed by atoms with Crippen LogP contribution in [0.5, 0.6) is 0 Å². The smallest absolute Gasteiger partial charge is 0.321 e. The van der Waals surface area contributed by atoms with Crippen LogP contribution in [0.2, 0.25) is 0 Å². The molecule has 3 N–H and O–H groups in total. The Kier molecular flexibility index (Phi) is 3.45. The van der Waals surface area contributed by atoms with Gasteiger partial charge in [-0.05, 0) is 6.92 Å². The first-order chi connectivity index (χ1) is 7.34. The average Bonchev–Trinajstić information content (AvgIpc) is 2.17. The Morgan fingerprint density at radius 2 is 2.19 bits per heavy atom. The second-order valence-electron chi connectivity index (χ2n) is 3.05. The number of hydrogen-bond donors (Lipinski definition) is 3. The number of aromatic nitrogens is 1. The van der Waals surface area contributed by atoms with Crippen LogP contribution in [0.3, 0.4) is 0 Å². The largest absolute Gasteiger partial charge is 0.480 e. The van der Waals surface area contributed by atoms with Gasteiger partial charge in [0.25, 0.3) is 0 Å². The van der Waals surface area contributed by atoms with Crippen molar-refractivity contribution in [3.8, 4) is 0 Å². The van der Waals surface area contributed by atoms with Gasteiger partial charge in [0.05, 0.1) is 0 Å². The molecule has 1 aromatic heterocycles. The number of carboxylic acids is 1. The summed E-state index contributed by atoms with van der Waals surface area (Å²) in [7, 11) is -4.11. The zero-order valence-electron chi connectivity index (χ0n) is 8.30. The molecular weight excluding hydrogens is 236 g/mol. The lowest BCUT2D eigenvalue weighted by atomic mass is 10.4. The molecule has 0 saturated heterocycles. The van der Waals surface area contributed by atoms with Crippen molar-refractivity contribution in [2.75, 3.05) is 0 Å². The molecule has 1 atom stereocenters. The Bertz CT molecular complexity index is 548. The summed E-state index contributed by atoms with van der Waals surface area (Å²) in [6.45, 7) is 1.16. The maximum absolute atomic E-state index is 11.6. The summed E-state index contributed by atoms with van der Waals surface area (Å²) in [5.74, 6) is -1.32. The van der Waals surface area contributed by atoms with Gasteiger partial charge in [-0.2, -0.15) is 4.72 Å². The summed E-state index contributed by atoms with van der Waals surface area (Å²) in [4.78, 5) is 23.6. The number of rotatable bonds is 4. The lowest BCUT2D eigenvalue weighted by Crippen LogP contribution is -2.39. The fraction of sp³-hybridized carbons (Fsp3) is 0.250. The molecule has 1 aromatic rings. The summed E-state index contributed by atoms with van der Waals surface area (Å²) < 4.78 is 25.0. The minimum absolute atomic E-state index is 0.511. The molecule has 0 saturated carbocycles. The number of pyridine rings is 1. The third-order valence-corrected chi connectivity index (χ3v) is 3.34. The molecule has 1 heterocycles. The van der Waals surface area contributed by atoms with E-state index in [9.17, 15) is 18.0 Å². The first kappa shape index (κ1) is 12.4. The van der Waals surface area contributed by atoms with Crippen LogP contribution in [0, 0.1) is 0 Å². The van der Waals surface area contributed by atoms with Gasteiger partial charge in [0, 0.05) is 18.5 Å². The maximum Gasteiger partial charge on any atom is 0.321 e. The Morgan fingerprint density at radius 3 is 2.69 bits per heavy atom. The molecule has 88 valence electrons. The van der Waals surface area contributed by atoms with Gasteiger partial charge in [-0.3, -0.25) is 9.59 Å². The van der Waals surface area contributed by atoms with Crippen molar-refractivity contribution in [1.82, 2.24) is 9.71 Å². The molecule has 0 radical (unpaired) electrons. The average molecular weight is 246 g/mol. The van der Waals surface area contributed by atoms with Gasteiger partial charge in [0.1, 0.15) is 10.9 Å². The van der Waals surface area contributed by atoms with Gasteiger partial charge in [0.15, 0.2) is 0 Å². The zero-order valence-corrected chi connectivity index (χ0v) is 9.11. The number of nitrogens with one attached hydrogen (secondary N) is 2. The second kappa shape index (κ2) is 4.45. The normalized spacial score (nSPS) is 13.3. The van der Waals surface area contributed by atoms with Gasteiger partial charge in [-0.15, -0.1) is 0 Å². The summed E-state index contributed by atoms with van der Waals surface area (Å²) in [5, 5.41) is 8.55. The van der Waals surface area contributed by atoms with Gasteiger partial charge in [-0.25, -0.2) is 8.42 Å². The first-order valence-corrected chi connectivity index (χ1v) is 5.75. The van der Waals surface area contributed by atoms with Crippen molar-refractivity contribution >= 4 is 16.0 Å². The van der Waals surface area contributed by atoms with Crippen LogP contribution in [-0.2, 0) is 14.8 Å². The quantitative estimate of drug-likeness (QED) is 0.638. The fourth-order valence-corrected chi connectivity index (χ4v) is 2.21. The van der Waals surface area contributed by atoms with Gasteiger partial charge < -0.3 is 10.1 Å². The SMILES string of the molecule is CC(NS(=O)(=O)c1c[nH]ccc1=O)C(=O)O. The van der Waals surface area contributed by atoms with Crippen LogP contribution in [0.25, 0.3) is 0 Å². The van der Waals surface area contributed by atoms with Crippen molar-refractivity contribution in [3.63, 3.8) is 0 Å². The molecule has 0 bridgehead atoms. The lowest BCUT2D eigenvalue weighted by Gasteiger charge is -2.08. The molecule has 0 fully saturated rings. The van der Waals surface area contributed by atoms with E-state index in [2.05, 4.69) is 4.98 Å². The minimum atomic E-state index is -4.11. The fourth-order valence-electron chi connectivity index (χ4n) is 0.957. The zero-order chi connectivity index (χ0) is 12.3. The van der Waals surface area contributed by atoms with Crippen molar-refractivity contribution in [2.45, 2.75) is 17.9 Å². The maximum atomic E-state index is 11.6. The van der Waals surface area contributed by atoms with E-state index in [0.717, 1.165) is 19.2 Å². The molecule has 8 heteroatoms. The number of H-pyrrole nitrogens is 1.